The lowest BCUT2D eigenvalue weighted by molar-refractivity contribution is -0.118. The standard InChI is InChI=1S/C17H16N2O2S/c1-11-7-12(2)9-13(8-11)21-10-16(20)19-17-18-14-5-3-4-6-15(14)22-17/h3-9H,10H2,1-2H3,(H,18,19,20). The summed E-state index contributed by atoms with van der Waals surface area (Å²) in [7, 11) is 0. The number of carbonyl (C=O) groups is 1. The van der Waals surface area contributed by atoms with Crippen molar-refractivity contribution in [3.63, 3.8) is 0 Å². The first-order valence-corrected chi connectivity index (χ1v) is 7.78. The van der Waals surface area contributed by atoms with Gasteiger partial charge in [0.15, 0.2) is 11.7 Å². The number of nitrogens with one attached hydrogen (secondary N) is 1. The lowest BCUT2D eigenvalue weighted by Gasteiger charge is -2.07. The molecule has 4 nitrogen and oxygen atoms in total. The van der Waals surface area contributed by atoms with Crippen LogP contribution in [0.2, 0.25) is 0 Å². The highest BCUT2D eigenvalue weighted by atomic mass is 32.1. The van der Waals surface area contributed by atoms with Gasteiger partial charge in [0, 0.05) is 0 Å². The number of nitrogens with zero attached hydrogens (tertiary/aromatic N) is 1. The van der Waals surface area contributed by atoms with Crippen molar-refractivity contribution in [2.24, 2.45) is 0 Å². The molecule has 1 amide bonds. The van der Waals surface area contributed by atoms with Crippen molar-refractivity contribution >= 4 is 32.6 Å². The summed E-state index contributed by atoms with van der Waals surface area (Å²) in [6.45, 7) is 3.97. The fraction of sp³-hybridized carbons (Fsp3) is 0.176. The zero-order valence-electron chi connectivity index (χ0n) is 12.4. The zero-order valence-corrected chi connectivity index (χ0v) is 13.2. The Balaban J connectivity index is 1.62. The molecule has 112 valence electrons. The molecule has 1 N–H and O–H groups in total. The lowest BCUT2D eigenvalue weighted by Crippen LogP contribution is -2.20. The zero-order chi connectivity index (χ0) is 15.5. The van der Waals surface area contributed by atoms with Gasteiger partial charge in [-0.1, -0.05) is 29.5 Å². The Kier molecular flexibility index (Phi) is 4.06. The van der Waals surface area contributed by atoms with E-state index in [1.54, 1.807) is 0 Å². The van der Waals surface area contributed by atoms with Gasteiger partial charge >= 0.3 is 0 Å². The van der Waals surface area contributed by atoms with Gasteiger partial charge in [0.1, 0.15) is 5.75 Å². The summed E-state index contributed by atoms with van der Waals surface area (Å²) in [6, 6.07) is 13.7. The Morgan fingerprint density at radius 1 is 1.18 bits per heavy atom. The predicted octanol–water partition coefficient (Wildman–Crippen LogP) is 3.93. The highest BCUT2D eigenvalue weighted by molar-refractivity contribution is 7.22. The molecule has 0 saturated heterocycles. The van der Waals surface area contributed by atoms with Gasteiger partial charge in [-0.25, -0.2) is 4.98 Å². The molecule has 22 heavy (non-hydrogen) atoms. The van der Waals surface area contributed by atoms with Gasteiger partial charge in [-0.2, -0.15) is 0 Å². The molecule has 0 atom stereocenters. The molecule has 0 bridgehead atoms. The van der Waals surface area contributed by atoms with Crippen LogP contribution in [0.25, 0.3) is 10.2 Å². The van der Waals surface area contributed by atoms with Gasteiger partial charge in [0.2, 0.25) is 0 Å². The van der Waals surface area contributed by atoms with E-state index in [2.05, 4.69) is 16.4 Å². The summed E-state index contributed by atoms with van der Waals surface area (Å²) in [5, 5.41) is 3.37. The fourth-order valence-corrected chi connectivity index (χ4v) is 3.13. The van der Waals surface area contributed by atoms with Crippen LogP contribution in [0.4, 0.5) is 5.13 Å². The highest BCUT2D eigenvalue weighted by Crippen LogP contribution is 2.25. The number of fused-ring (bicyclic) bond motifs is 1. The van der Waals surface area contributed by atoms with E-state index in [0.717, 1.165) is 21.3 Å². The van der Waals surface area contributed by atoms with E-state index < -0.39 is 0 Å². The van der Waals surface area contributed by atoms with Crippen molar-refractivity contribution in [1.82, 2.24) is 4.98 Å². The second-order valence-electron chi connectivity index (χ2n) is 5.15. The summed E-state index contributed by atoms with van der Waals surface area (Å²) in [4.78, 5) is 16.3. The first-order chi connectivity index (χ1) is 10.6. The SMILES string of the molecule is Cc1cc(C)cc(OCC(=O)Nc2nc3ccccc3s2)c1. The van der Waals surface area contributed by atoms with Gasteiger partial charge in [-0.3, -0.25) is 10.1 Å². The van der Waals surface area contributed by atoms with Crippen LogP contribution in [-0.4, -0.2) is 17.5 Å². The minimum Gasteiger partial charge on any atom is -0.484 e. The second kappa shape index (κ2) is 6.15. The van der Waals surface area contributed by atoms with Crippen LogP contribution in [0.3, 0.4) is 0 Å². The van der Waals surface area contributed by atoms with E-state index >= 15 is 0 Å². The Morgan fingerprint density at radius 2 is 1.91 bits per heavy atom. The molecule has 0 saturated carbocycles. The molecule has 3 aromatic rings. The largest absolute Gasteiger partial charge is 0.484 e. The van der Waals surface area contributed by atoms with Gasteiger partial charge < -0.3 is 4.74 Å². The van der Waals surface area contributed by atoms with E-state index in [4.69, 9.17) is 4.74 Å². The highest BCUT2D eigenvalue weighted by Gasteiger charge is 2.08. The van der Waals surface area contributed by atoms with Crippen molar-refractivity contribution in [2.45, 2.75) is 13.8 Å². The summed E-state index contributed by atoms with van der Waals surface area (Å²) in [5.41, 5.74) is 3.11. The third-order valence-corrected chi connectivity index (χ3v) is 4.06. The molecular weight excluding hydrogens is 296 g/mol. The van der Waals surface area contributed by atoms with Crippen LogP contribution in [0.5, 0.6) is 5.75 Å². The molecule has 0 aliphatic carbocycles. The minimum atomic E-state index is -0.210. The van der Waals surface area contributed by atoms with Gasteiger partial charge in [-0.05, 0) is 49.2 Å². The third-order valence-electron chi connectivity index (χ3n) is 3.11. The van der Waals surface area contributed by atoms with E-state index in [9.17, 15) is 4.79 Å². The van der Waals surface area contributed by atoms with Crippen molar-refractivity contribution in [1.29, 1.82) is 0 Å². The molecular formula is C17H16N2O2S. The van der Waals surface area contributed by atoms with Gasteiger partial charge in [0.25, 0.3) is 5.91 Å². The molecule has 5 heteroatoms. The van der Waals surface area contributed by atoms with E-state index in [1.165, 1.54) is 11.3 Å². The minimum absolute atomic E-state index is 0.0289. The molecule has 2 aromatic carbocycles. The van der Waals surface area contributed by atoms with Crippen LogP contribution >= 0.6 is 11.3 Å². The number of rotatable bonds is 4. The van der Waals surface area contributed by atoms with Gasteiger partial charge in [0.05, 0.1) is 10.2 Å². The quantitative estimate of drug-likeness (QED) is 0.794. The molecule has 0 fully saturated rings. The average Bonchev–Trinajstić information content (AvgIpc) is 2.86. The average molecular weight is 312 g/mol. The number of aromatic nitrogens is 1. The summed E-state index contributed by atoms with van der Waals surface area (Å²) in [6.07, 6.45) is 0. The monoisotopic (exact) mass is 312 g/mol. The predicted molar refractivity (Wildman–Crippen MR) is 89.7 cm³/mol. The number of aryl methyl sites for hydroxylation is 2. The van der Waals surface area contributed by atoms with Crippen molar-refractivity contribution < 1.29 is 9.53 Å². The summed E-state index contributed by atoms with van der Waals surface area (Å²) in [5.74, 6) is 0.496. The Labute approximate surface area is 132 Å². The normalized spacial score (nSPS) is 10.6. The van der Waals surface area contributed by atoms with E-state index in [-0.39, 0.29) is 12.5 Å². The number of carbonyl (C=O) groups excluding carboxylic acids is 1. The van der Waals surface area contributed by atoms with Crippen molar-refractivity contribution in [3.8, 4) is 5.75 Å². The topological polar surface area (TPSA) is 51.2 Å². The number of benzene rings is 2. The molecule has 1 heterocycles. The molecule has 0 radical (unpaired) electrons. The molecule has 0 aliphatic rings. The second-order valence-corrected chi connectivity index (χ2v) is 6.18. The van der Waals surface area contributed by atoms with E-state index in [0.29, 0.717) is 10.9 Å². The number of thiazole rings is 1. The van der Waals surface area contributed by atoms with Crippen molar-refractivity contribution in [2.75, 3.05) is 11.9 Å². The maximum atomic E-state index is 12.0. The maximum absolute atomic E-state index is 12.0. The van der Waals surface area contributed by atoms with Gasteiger partial charge in [-0.15, -0.1) is 0 Å². The Hall–Kier alpha value is -2.40. The number of hydrogen-bond donors (Lipinski definition) is 1. The Morgan fingerprint density at radius 3 is 2.64 bits per heavy atom. The number of hydrogen-bond acceptors (Lipinski definition) is 4. The molecule has 0 unspecified atom stereocenters. The molecule has 0 spiro atoms. The third kappa shape index (κ3) is 3.43. The Bertz CT molecular complexity index is 773. The van der Waals surface area contributed by atoms with E-state index in [1.807, 2.05) is 50.2 Å². The molecule has 3 rings (SSSR count). The van der Waals surface area contributed by atoms with Crippen LogP contribution in [0, 0.1) is 13.8 Å². The van der Waals surface area contributed by atoms with Crippen LogP contribution < -0.4 is 10.1 Å². The lowest BCUT2D eigenvalue weighted by atomic mass is 10.1. The first-order valence-electron chi connectivity index (χ1n) is 6.97. The number of amides is 1. The van der Waals surface area contributed by atoms with Crippen LogP contribution in [0.15, 0.2) is 42.5 Å². The van der Waals surface area contributed by atoms with Crippen LogP contribution in [0.1, 0.15) is 11.1 Å². The summed E-state index contributed by atoms with van der Waals surface area (Å²) < 4.78 is 6.59. The number of ether oxygens (including phenoxy) is 1. The molecule has 1 aromatic heterocycles. The smallest absolute Gasteiger partial charge is 0.264 e. The number of anilines is 1. The maximum Gasteiger partial charge on any atom is 0.264 e. The first kappa shape index (κ1) is 14.5. The molecule has 0 aliphatic heterocycles. The van der Waals surface area contributed by atoms with Crippen molar-refractivity contribution in [3.05, 3.63) is 53.6 Å². The van der Waals surface area contributed by atoms with Crippen LogP contribution in [-0.2, 0) is 4.79 Å². The number of para-hydroxylation sites is 1. The summed E-state index contributed by atoms with van der Waals surface area (Å²) >= 11 is 1.45. The fourth-order valence-electron chi connectivity index (χ4n) is 2.25.